The molecule has 1 fully saturated rings. The molecule has 1 heterocycles. The van der Waals surface area contributed by atoms with Gasteiger partial charge in [0.1, 0.15) is 18.2 Å². The fourth-order valence-corrected chi connectivity index (χ4v) is 3.29. The summed E-state index contributed by atoms with van der Waals surface area (Å²) < 4.78 is 7.59. The summed E-state index contributed by atoms with van der Waals surface area (Å²) in [5.41, 5.74) is 0. The Kier molecular flexibility index (Phi) is 6.39. The number of benzene rings is 1. The summed E-state index contributed by atoms with van der Waals surface area (Å²) in [4.78, 5) is 14.0. The van der Waals surface area contributed by atoms with Gasteiger partial charge < -0.3 is 9.64 Å². The smallest absolute Gasteiger partial charge is 0.322 e. The van der Waals surface area contributed by atoms with Gasteiger partial charge in [-0.2, -0.15) is 5.10 Å². The predicted octanol–water partition coefficient (Wildman–Crippen LogP) is 4.58. The van der Waals surface area contributed by atoms with Crippen LogP contribution < -0.4 is 10.1 Å². The lowest BCUT2D eigenvalue weighted by Crippen LogP contribution is -2.35. The number of ether oxygens (including phenoxy) is 1. The molecule has 1 aliphatic carbocycles. The SMILES string of the molecule is CN(CCOc1ccc(Cl)cc1)C(=O)Nc1ccnn1C1CCCCC1. The number of rotatable bonds is 6. The quantitative estimate of drug-likeness (QED) is 0.802. The molecule has 0 bridgehead atoms. The minimum atomic E-state index is -0.165. The monoisotopic (exact) mass is 376 g/mol. The first kappa shape index (κ1) is 18.6. The molecular weight excluding hydrogens is 352 g/mol. The summed E-state index contributed by atoms with van der Waals surface area (Å²) in [5, 5.41) is 8.04. The van der Waals surface area contributed by atoms with E-state index in [0.29, 0.717) is 24.2 Å². The van der Waals surface area contributed by atoms with Gasteiger partial charge in [-0.3, -0.25) is 5.32 Å². The van der Waals surface area contributed by atoms with Crippen LogP contribution in [0, 0.1) is 0 Å². The highest BCUT2D eigenvalue weighted by molar-refractivity contribution is 6.30. The largest absolute Gasteiger partial charge is 0.492 e. The van der Waals surface area contributed by atoms with Gasteiger partial charge in [0, 0.05) is 18.1 Å². The van der Waals surface area contributed by atoms with Gasteiger partial charge in [-0.05, 0) is 37.1 Å². The van der Waals surface area contributed by atoms with Crippen LogP contribution in [0.3, 0.4) is 0 Å². The molecule has 1 aromatic heterocycles. The maximum absolute atomic E-state index is 12.4. The number of halogens is 1. The van der Waals surface area contributed by atoms with Crippen molar-refractivity contribution < 1.29 is 9.53 Å². The highest BCUT2D eigenvalue weighted by Gasteiger charge is 2.20. The van der Waals surface area contributed by atoms with E-state index in [2.05, 4.69) is 10.4 Å². The van der Waals surface area contributed by atoms with Crippen LogP contribution >= 0.6 is 11.6 Å². The molecule has 140 valence electrons. The molecule has 1 aromatic carbocycles. The third-order valence-corrected chi connectivity index (χ3v) is 4.93. The van der Waals surface area contributed by atoms with Crippen LogP contribution in [-0.2, 0) is 0 Å². The summed E-state index contributed by atoms with van der Waals surface area (Å²) >= 11 is 5.85. The highest BCUT2D eigenvalue weighted by Crippen LogP contribution is 2.29. The van der Waals surface area contributed by atoms with Gasteiger partial charge in [-0.15, -0.1) is 0 Å². The summed E-state index contributed by atoms with van der Waals surface area (Å²) in [6, 6.07) is 9.25. The molecule has 2 amide bonds. The van der Waals surface area contributed by atoms with E-state index in [1.165, 1.54) is 19.3 Å². The first-order valence-electron chi connectivity index (χ1n) is 9.07. The van der Waals surface area contributed by atoms with Gasteiger partial charge in [0.25, 0.3) is 0 Å². The second-order valence-electron chi connectivity index (χ2n) is 6.61. The molecule has 1 N–H and O–H groups in total. The number of hydrogen-bond donors (Lipinski definition) is 1. The number of aromatic nitrogens is 2. The maximum atomic E-state index is 12.4. The van der Waals surface area contributed by atoms with Crippen LogP contribution in [-0.4, -0.2) is 40.9 Å². The van der Waals surface area contributed by atoms with Gasteiger partial charge in [0.15, 0.2) is 0 Å². The minimum absolute atomic E-state index is 0.165. The molecule has 0 aliphatic heterocycles. The van der Waals surface area contributed by atoms with Crippen molar-refractivity contribution in [2.24, 2.45) is 0 Å². The van der Waals surface area contributed by atoms with Crippen LogP contribution in [0.15, 0.2) is 36.5 Å². The van der Waals surface area contributed by atoms with E-state index in [4.69, 9.17) is 16.3 Å². The van der Waals surface area contributed by atoms with E-state index in [1.54, 1.807) is 30.3 Å². The number of carbonyl (C=O) groups is 1. The molecule has 1 aliphatic rings. The third kappa shape index (κ3) is 4.91. The van der Waals surface area contributed by atoms with Crippen LogP contribution in [0.5, 0.6) is 5.75 Å². The summed E-state index contributed by atoms with van der Waals surface area (Å²) in [7, 11) is 1.75. The first-order chi connectivity index (χ1) is 12.6. The lowest BCUT2D eigenvalue weighted by Gasteiger charge is -2.25. The van der Waals surface area contributed by atoms with Crippen molar-refractivity contribution in [1.29, 1.82) is 0 Å². The van der Waals surface area contributed by atoms with Gasteiger partial charge in [0.05, 0.1) is 18.8 Å². The Hall–Kier alpha value is -2.21. The molecule has 3 rings (SSSR count). The Labute approximate surface area is 159 Å². The molecule has 0 radical (unpaired) electrons. The average molecular weight is 377 g/mol. The number of nitrogens with zero attached hydrogens (tertiary/aromatic N) is 3. The minimum Gasteiger partial charge on any atom is -0.492 e. The number of urea groups is 1. The van der Waals surface area contributed by atoms with Crippen molar-refractivity contribution in [1.82, 2.24) is 14.7 Å². The molecule has 0 atom stereocenters. The molecule has 26 heavy (non-hydrogen) atoms. The lowest BCUT2D eigenvalue weighted by atomic mass is 9.96. The number of amides is 2. The second kappa shape index (κ2) is 8.94. The number of anilines is 1. The zero-order valence-corrected chi connectivity index (χ0v) is 15.8. The van der Waals surface area contributed by atoms with Gasteiger partial charge in [-0.25, -0.2) is 9.48 Å². The van der Waals surface area contributed by atoms with Crippen LogP contribution in [0.25, 0.3) is 0 Å². The number of nitrogens with one attached hydrogen (secondary N) is 1. The second-order valence-corrected chi connectivity index (χ2v) is 7.04. The van der Waals surface area contributed by atoms with Crippen molar-refractivity contribution in [3.8, 4) is 5.75 Å². The Bertz CT molecular complexity index is 711. The summed E-state index contributed by atoms with van der Waals surface area (Å²) in [6.45, 7) is 0.888. The molecule has 2 aromatic rings. The first-order valence-corrected chi connectivity index (χ1v) is 9.45. The topological polar surface area (TPSA) is 59.4 Å². The normalized spacial score (nSPS) is 14.8. The molecule has 7 heteroatoms. The zero-order chi connectivity index (χ0) is 18.4. The van der Waals surface area contributed by atoms with Gasteiger partial charge in [0.2, 0.25) is 0 Å². The summed E-state index contributed by atoms with van der Waals surface area (Å²) in [6.07, 6.45) is 7.72. The highest BCUT2D eigenvalue weighted by atomic mass is 35.5. The van der Waals surface area contributed by atoms with E-state index in [0.717, 1.165) is 24.4 Å². The Morgan fingerprint density at radius 3 is 2.73 bits per heavy atom. The van der Waals surface area contributed by atoms with E-state index in [1.807, 2.05) is 22.9 Å². The molecule has 0 unspecified atom stereocenters. The Morgan fingerprint density at radius 2 is 2.00 bits per heavy atom. The zero-order valence-electron chi connectivity index (χ0n) is 15.0. The van der Waals surface area contributed by atoms with Crippen molar-refractivity contribution in [3.05, 3.63) is 41.6 Å². The van der Waals surface area contributed by atoms with Crippen molar-refractivity contribution in [2.75, 3.05) is 25.5 Å². The van der Waals surface area contributed by atoms with E-state index < -0.39 is 0 Å². The van der Waals surface area contributed by atoms with Crippen molar-refractivity contribution in [2.45, 2.75) is 38.1 Å². The lowest BCUT2D eigenvalue weighted by molar-refractivity contribution is 0.207. The number of likely N-dealkylation sites (N-methyl/N-ethyl adjacent to an activating group) is 1. The fourth-order valence-electron chi connectivity index (χ4n) is 3.17. The van der Waals surface area contributed by atoms with Crippen LogP contribution in [0.4, 0.5) is 10.6 Å². The van der Waals surface area contributed by atoms with Crippen LogP contribution in [0.1, 0.15) is 38.1 Å². The van der Waals surface area contributed by atoms with Gasteiger partial charge >= 0.3 is 6.03 Å². The van der Waals surface area contributed by atoms with E-state index in [9.17, 15) is 4.79 Å². The maximum Gasteiger partial charge on any atom is 0.322 e. The third-order valence-electron chi connectivity index (χ3n) is 4.68. The van der Waals surface area contributed by atoms with E-state index in [-0.39, 0.29) is 6.03 Å². The molecule has 0 saturated heterocycles. The van der Waals surface area contributed by atoms with E-state index >= 15 is 0 Å². The van der Waals surface area contributed by atoms with Crippen molar-refractivity contribution >= 4 is 23.4 Å². The fraction of sp³-hybridized carbons (Fsp3) is 0.474. The predicted molar refractivity (Wildman–Crippen MR) is 103 cm³/mol. The average Bonchev–Trinajstić information content (AvgIpc) is 3.12. The number of hydrogen-bond acceptors (Lipinski definition) is 3. The van der Waals surface area contributed by atoms with Gasteiger partial charge in [-0.1, -0.05) is 30.9 Å². The Balaban J connectivity index is 1.48. The number of carbonyl (C=O) groups excluding carboxylic acids is 1. The Morgan fingerprint density at radius 1 is 1.27 bits per heavy atom. The van der Waals surface area contributed by atoms with Crippen LogP contribution in [0.2, 0.25) is 5.02 Å². The molecule has 0 spiro atoms. The standard InChI is InChI=1S/C19H25ClN4O2/c1-23(13-14-26-17-9-7-15(20)8-10-17)19(25)22-18-11-12-21-24(18)16-5-3-2-4-6-16/h7-12,16H,2-6,13-14H2,1H3,(H,22,25). The molecular formula is C19H25ClN4O2. The molecule has 1 saturated carbocycles. The summed E-state index contributed by atoms with van der Waals surface area (Å²) in [5.74, 6) is 1.49. The van der Waals surface area contributed by atoms with Crippen molar-refractivity contribution in [3.63, 3.8) is 0 Å². The molecule has 6 nitrogen and oxygen atoms in total.